The molecule has 0 aliphatic heterocycles. The minimum Gasteiger partial charge on any atom is -0.436 e. The van der Waals surface area contributed by atoms with Crippen molar-refractivity contribution in [2.75, 3.05) is 0 Å². The van der Waals surface area contributed by atoms with Crippen LogP contribution in [-0.4, -0.2) is 25.1 Å². The number of fused-ring (bicyclic) bond motifs is 1. The Labute approximate surface area is 148 Å². The zero-order valence-electron chi connectivity index (χ0n) is 13.6. The highest BCUT2D eigenvalue weighted by Gasteiger charge is 2.14. The average molecular weight is 352 g/mol. The second kappa shape index (κ2) is 6.14. The molecule has 0 atom stereocenters. The quantitative estimate of drug-likeness (QED) is 0.551. The first kappa shape index (κ1) is 15.5. The number of rotatable bonds is 3. The minimum atomic E-state index is 0.118. The number of nitrogens with zero attached hydrogens (tertiary/aromatic N) is 4. The van der Waals surface area contributed by atoms with E-state index in [1.54, 1.807) is 18.6 Å². The highest BCUT2D eigenvalue weighted by atomic mass is 35.5. The lowest BCUT2D eigenvalue weighted by Gasteiger charge is -2.14. The predicted octanol–water partition coefficient (Wildman–Crippen LogP) is 4.48. The van der Waals surface area contributed by atoms with E-state index in [1.807, 2.05) is 26.0 Å². The molecule has 25 heavy (non-hydrogen) atoms. The van der Waals surface area contributed by atoms with Crippen molar-refractivity contribution in [1.82, 2.24) is 25.1 Å². The first-order valence-electron chi connectivity index (χ1n) is 7.68. The van der Waals surface area contributed by atoms with E-state index in [4.69, 9.17) is 16.3 Å². The Bertz CT molecular complexity index is 1040. The summed E-state index contributed by atoms with van der Waals surface area (Å²) in [6, 6.07) is 8.11. The molecule has 124 valence electrons. The number of pyridine rings is 1. The molecule has 6 nitrogen and oxygen atoms in total. The molecular weight excluding hydrogens is 338 g/mol. The molecule has 0 aliphatic carbocycles. The fourth-order valence-electron chi connectivity index (χ4n) is 2.78. The van der Waals surface area contributed by atoms with Crippen molar-refractivity contribution in [2.45, 2.75) is 13.8 Å². The lowest BCUT2D eigenvalue weighted by Crippen LogP contribution is -1.97. The third-order valence-corrected chi connectivity index (χ3v) is 4.08. The summed E-state index contributed by atoms with van der Waals surface area (Å²) in [5, 5.41) is 6.94. The monoisotopic (exact) mass is 351 g/mol. The first-order chi connectivity index (χ1) is 12.1. The molecule has 0 saturated heterocycles. The molecule has 0 unspecified atom stereocenters. The van der Waals surface area contributed by atoms with Crippen LogP contribution in [0.1, 0.15) is 11.1 Å². The van der Waals surface area contributed by atoms with Crippen LogP contribution in [0.4, 0.5) is 0 Å². The van der Waals surface area contributed by atoms with Crippen molar-refractivity contribution in [2.24, 2.45) is 0 Å². The van der Waals surface area contributed by atoms with Gasteiger partial charge in [0.25, 0.3) is 0 Å². The Kier molecular flexibility index (Phi) is 3.82. The molecular formula is C18H14ClN5O. The van der Waals surface area contributed by atoms with Crippen LogP contribution in [0, 0.1) is 13.8 Å². The van der Waals surface area contributed by atoms with E-state index < -0.39 is 0 Å². The Morgan fingerprint density at radius 2 is 1.72 bits per heavy atom. The van der Waals surface area contributed by atoms with Gasteiger partial charge in [0, 0.05) is 12.4 Å². The zero-order valence-corrected chi connectivity index (χ0v) is 14.4. The Morgan fingerprint density at radius 1 is 1.00 bits per heavy atom. The van der Waals surface area contributed by atoms with E-state index in [-0.39, 0.29) is 5.28 Å². The second-order valence-corrected chi connectivity index (χ2v) is 6.04. The second-order valence-electron chi connectivity index (χ2n) is 5.71. The smallest absolute Gasteiger partial charge is 0.249 e. The van der Waals surface area contributed by atoms with Crippen molar-refractivity contribution < 1.29 is 4.74 Å². The van der Waals surface area contributed by atoms with Gasteiger partial charge in [0.2, 0.25) is 11.2 Å². The van der Waals surface area contributed by atoms with Gasteiger partial charge in [-0.15, -0.1) is 0 Å². The summed E-state index contributed by atoms with van der Waals surface area (Å²) in [5.41, 5.74) is 5.43. The number of benzene rings is 1. The molecule has 0 fully saturated rings. The molecule has 1 aromatic carbocycles. The van der Waals surface area contributed by atoms with Crippen LogP contribution in [-0.2, 0) is 0 Å². The van der Waals surface area contributed by atoms with Crippen LogP contribution in [0.3, 0.4) is 0 Å². The van der Waals surface area contributed by atoms with Crippen LogP contribution >= 0.6 is 11.6 Å². The van der Waals surface area contributed by atoms with Gasteiger partial charge >= 0.3 is 0 Å². The number of H-pyrrole nitrogens is 1. The van der Waals surface area contributed by atoms with E-state index in [2.05, 4.69) is 37.3 Å². The molecule has 3 aromatic heterocycles. The Morgan fingerprint density at radius 3 is 2.44 bits per heavy atom. The zero-order chi connectivity index (χ0) is 17.4. The standard InChI is InChI=1S/C18H14ClN5O/c1-10-7-13(12-3-5-20-6-4-12)8-11(2)16(10)25-17-15-14(9-21-24-15)22-18(19)23-17/h3-9H,1-2H3,(H,21,24). The summed E-state index contributed by atoms with van der Waals surface area (Å²) in [7, 11) is 0. The Balaban J connectivity index is 1.77. The molecule has 1 N–H and O–H groups in total. The van der Waals surface area contributed by atoms with Crippen molar-refractivity contribution in [1.29, 1.82) is 0 Å². The molecule has 0 bridgehead atoms. The van der Waals surface area contributed by atoms with Gasteiger partial charge in [-0.2, -0.15) is 10.1 Å². The van der Waals surface area contributed by atoms with Crippen molar-refractivity contribution in [3.63, 3.8) is 0 Å². The molecule has 0 radical (unpaired) electrons. The lowest BCUT2D eigenvalue weighted by molar-refractivity contribution is 0.460. The van der Waals surface area contributed by atoms with Crippen LogP contribution < -0.4 is 4.74 Å². The van der Waals surface area contributed by atoms with Crippen LogP contribution in [0.15, 0.2) is 42.9 Å². The number of halogens is 1. The van der Waals surface area contributed by atoms with Crippen molar-refractivity contribution >= 4 is 22.6 Å². The minimum absolute atomic E-state index is 0.118. The molecule has 0 aliphatic rings. The molecule has 0 saturated carbocycles. The average Bonchev–Trinajstić information content (AvgIpc) is 3.07. The maximum Gasteiger partial charge on any atom is 0.249 e. The topological polar surface area (TPSA) is 76.6 Å². The highest BCUT2D eigenvalue weighted by Crippen LogP contribution is 2.34. The van der Waals surface area contributed by atoms with E-state index in [0.717, 1.165) is 28.0 Å². The first-order valence-corrected chi connectivity index (χ1v) is 8.06. The van der Waals surface area contributed by atoms with E-state index in [1.165, 1.54) is 0 Å². The third-order valence-electron chi connectivity index (χ3n) is 3.91. The van der Waals surface area contributed by atoms with Gasteiger partial charge in [-0.25, -0.2) is 4.98 Å². The van der Waals surface area contributed by atoms with E-state index in [0.29, 0.717) is 16.9 Å². The number of hydrogen-bond donors (Lipinski definition) is 1. The van der Waals surface area contributed by atoms with Gasteiger partial charge in [0.1, 0.15) is 16.8 Å². The van der Waals surface area contributed by atoms with Crippen LogP contribution in [0.25, 0.3) is 22.2 Å². The molecule has 4 rings (SSSR count). The maximum atomic E-state index is 6.06. The number of hydrogen-bond acceptors (Lipinski definition) is 5. The fraction of sp³-hybridized carbons (Fsp3) is 0.111. The normalized spacial score (nSPS) is 11.0. The van der Waals surface area contributed by atoms with Gasteiger partial charge < -0.3 is 4.74 Å². The maximum absolute atomic E-state index is 6.06. The number of aromatic nitrogens is 5. The lowest BCUT2D eigenvalue weighted by atomic mass is 10.0. The SMILES string of the molecule is Cc1cc(-c2ccncc2)cc(C)c1Oc1nc(Cl)nc2cn[nH]c12. The molecule has 3 heterocycles. The van der Waals surface area contributed by atoms with Crippen molar-refractivity contribution in [3.8, 4) is 22.8 Å². The summed E-state index contributed by atoms with van der Waals surface area (Å²) < 4.78 is 6.06. The summed E-state index contributed by atoms with van der Waals surface area (Å²) >= 11 is 5.98. The Hall–Kier alpha value is -2.99. The van der Waals surface area contributed by atoms with E-state index in [9.17, 15) is 0 Å². The predicted molar refractivity (Wildman–Crippen MR) is 95.9 cm³/mol. The largest absolute Gasteiger partial charge is 0.436 e. The van der Waals surface area contributed by atoms with Gasteiger partial charge in [-0.1, -0.05) is 0 Å². The summed E-state index contributed by atoms with van der Waals surface area (Å²) in [5.74, 6) is 1.10. The van der Waals surface area contributed by atoms with Gasteiger partial charge in [0.05, 0.1) is 6.20 Å². The summed E-state index contributed by atoms with van der Waals surface area (Å²) in [4.78, 5) is 12.4. The molecule has 0 amide bonds. The van der Waals surface area contributed by atoms with Crippen molar-refractivity contribution in [3.05, 3.63) is 59.3 Å². The number of nitrogens with one attached hydrogen (secondary N) is 1. The number of aryl methyl sites for hydroxylation is 2. The fourth-order valence-corrected chi connectivity index (χ4v) is 2.95. The molecule has 0 spiro atoms. The van der Waals surface area contributed by atoms with Gasteiger partial charge in [-0.05, 0) is 72.0 Å². The summed E-state index contributed by atoms with van der Waals surface area (Å²) in [6.07, 6.45) is 5.15. The van der Waals surface area contributed by atoms with Gasteiger partial charge in [0.15, 0.2) is 0 Å². The molecule has 7 heteroatoms. The van der Waals surface area contributed by atoms with Crippen LogP contribution in [0.5, 0.6) is 11.6 Å². The number of aromatic amines is 1. The van der Waals surface area contributed by atoms with E-state index >= 15 is 0 Å². The van der Waals surface area contributed by atoms with Gasteiger partial charge in [-0.3, -0.25) is 10.1 Å². The highest BCUT2D eigenvalue weighted by molar-refractivity contribution is 6.28. The number of ether oxygens (including phenoxy) is 1. The molecule has 4 aromatic rings. The van der Waals surface area contributed by atoms with Crippen LogP contribution in [0.2, 0.25) is 5.28 Å². The third kappa shape index (κ3) is 2.92. The summed E-state index contributed by atoms with van der Waals surface area (Å²) in [6.45, 7) is 4.00.